The standard InChI is InChI=1S/C11H14OS/c1-8-4-5-13-11(8)6-10(7-12)9-2-3-9/h4-5,7,9-10H,2-3,6H2,1H3. The minimum atomic E-state index is 0.289. The van der Waals surface area contributed by atoms with E-state index in [0.717, 1.165) is 12.7 Å². The number of carbonyl (C=O) groups excluding carboxylic acids is 1. The highest BCUT2D eigenvalue weighted by atomic mass is 32.1. The molecule has 1 aromatic rings. The molecule has 1 saturated carbocycles. The Morgan fingerprint density at radius 2 is 2.46 bits per heavy atom. The van der Waals surface area contributed by atoms with Crippen molar-refractivity contribution < 1.29 is 4.79 Å². The highest BCUT2D eigenvalue weighted by Gasteiger charge is 2.31. The van der Waals surface area contributed by atoms with Gasteiger partial charge in [0.15, 0.2) is 0 Å². The third-order valence-electron chi connectivity index (χ3n) is 2.79. The van der Waals surface area contributed by atoms with Crippen LogP contribution < -0.4 is 0 Å². The zero-order valence-corrected chi connectivity index (χ0v) is 8.64. The first kappa shape index (κ1) is 8.95. The predicted octanol–water partition coefficient (Wildman–Crippen LogP) is 2.82. The molecule has 70 valence electrons. The number of aldehydes is 1. The van der Waals surface area contributed by atoms with E-state index < -0.39 is 0 Å². The van der Waals surface area contributed by atoms with Gasteiger partial charge in [-0.05, 0) is 49.1 Å². The average Bonchev–Trinajstić information content (AvgIpc) is 2.88. The van der Waals surface area contributed by atoms with Crippen LogP contribution in [0.15, 0.2) is 11.4 Å². The molecule has 1 atom stereocenters. The van der Waals surface area contributed by atoms with Crippen LogP contribution >= 0.6 is 11.3 Å². The van der Waals surface area contributed by atoms with Crippen LogP contribution in [0.4, 0.5) is 0 Å². The van der Waals surface area contributed by atoms with E-state index in [1.54, 1.807) is 11.3 Å². The number of rotatable bonds is 4. The fraction of sp³-hybridized carbons (Fsp3) is 0.545. The summed E-state index contributed by atoms with van der Waals surface area (Å²) >= 11 is 1.78. The van der Waals surface area contributed by atoms with Gasteiger partial charge in [-0.25, -0.2) is 0 Å². The molecule has 0 aliphatic heterocycles. The first-order chi connectivity index (χ1) is 6.31. The summed E-state index contributed by atoms with van der Waals surface area (Å²) in [4.78, 5) is 12.2. The summed E-state index contributed by atoms with van der Waals surface area (Å²) in [7, 11) is 0. The van der Waals surface area contributed by atoms with Gasteiger partial charge in [0.05, 0.1) is 0 Å². The highest BCUT2D eigenvalue weighted by molar-refractivity contribution is 7.10. The van der Waals surface area contributed by atoms with Gasteiger partial charge in [-0.15, -0.1) is 11.3 Å². The summed E-state index contributed by atoms with van der Waals surface area (Å²) in [6.07, 6.45) is 4.64. The molecule has 0 aromatic carbocycles. The molecule has 1 fully saturated rings. The second-order valence-corrected chi connectivity index (χ2v) is 4.87. The minimum Gasteiger partial charge on any atom is -0.303 e. The second-order valence-electron chi connectivity index (χ2n) is 3.87. The maximum absolute atomic E-state index is 10.8. The van der Waals surface area contributed by atoms with Crippen LogP contribution in [0.5, 0.6) is 0 Å². The third-order valence-corrected chi connectivity index (χ3v) is 3.84. The normalized spacial score (nSPS) is 18.5. The van der Waals surface area contributed by atoms with Crippen molar-refractivity contribution in [3.8, 4) is 0 Å². The Hall–Kier alpha value is -0.630. The van der Waals surface area contributed by atoms with Crippen LogP contribution in [-0.4, -0.2) is 6.29 Å². The van der Waals surface area contributed by atoms with Gasteiger partial charge in [0.2, 0.25) is 0 Å². The SMILES string of the molecule is Cc1ccsc1CC(C=O)C1CC1. The maximum Gasteiger partial charge on any atom is 0.123 e. The van der Waals surface area contributed by atoms with Gasteiger partial charge in [-0.3, -0.25) is 0 Å². The third kappa shape index (κ3) is 1.99. The Morgan fingerprint density at radius 3 is 2.92 bits per heavy atom. The molecule has 2 heteroatoms. The topological polar surface area (TPSA) is 17.1 Å². The predicted molar refractivity (Wildman–Crippen MR) is 55.0 cm³/mol. The Bertz CT molecular complexity index is 299. The monoisotopic (exact) mass is 194 g/mol. The quantitative estimate of drug-likeness (QED) is 0.674. The molecule has 0 saturated heterocycles. The van der Waals surface area contributed by atoms with E-state index in [1.807, 2.05) is 0 Å². The molecule has 0 amide bonds. The highest BCUT2D eigenvalue weighted by Crippen LogP contribution is 2.38. The Kier molecular flexibility index (Phi) is 2.49. The van der Waals surface area contributed by atoms with Gasteiger partial charge in [0.1, 0.15) is 6.29 Å². The first-order valence-corrected chi connectivity index (χ1v) is 5.67. The van der Waals surface area contributed by atoms with Gasteiger partial charge in [0.25, 0.3) is 0 Å². The van der Waals surface area contributed by atoms with Gasteiger partial charge in [-0.2, -0.15) is 0 Å². The van der Waals surface area contributed by atoms with Crippen molar-refractivity contribution in [1.29, 1.82) is 0 Å². The number of aryl methyl sites for hydroxylation is 1. The zero-order valence-electron chi connectivity index (χ0n) is 7.82. The number of hydrogen-bond donors (Lipinski definition) is 0. The van der Waals surface area contributed by atoms with Gasteiger partial charge < -0.3 is 4.79 Å². The van der Waals surface area contributed by atoms with Crippen LogP contribution in [0.25, 0.3) is 0 Å². The van der Waals surface area contributed by atoms with E-state index >= 15 is 0 Å². The maximum atomic E-state index is 10.8. The lowest BCUT2D eigenvalue weighted by molar-refractivity contribution is -0.111. The van der Waals surface area contributed by atoms with E-state index in [2.05, 4.69) is 18.4 Å². The summed E-state index contributed by atoms with van der Waals surface area (Å²) in [6.45, 7) is 2.13. The van der Waals surface area contributed by atoms with Crippen LogP contribution in [-0.2, 0) is 11.2 Å². The molecule has 1 aliphatic carbocycles. The van der Waals surface area contributed by atoms with E-state index in [0.29, 0.717) is 5.92 Å². The van der Waals surface area contributed by atoms with Crippen molar-refractivity contribution in [2.75, 3.05) is 0 Å². The van der Waals surface area contributed by atoms with Crippen LogP contribution in [0.1, 0.15) is 23.3 Å². The summed E-state index contributed by atoms with van der Waals surface area (Å²) in [5, 5.41) is 2.11. The molecule has 1 unspecified atom stereocenters. The van der Waals surface area contributed by atoms with E-state index in [1.165, 1.54) is 23.3 Å². The van der Waals surface area contributed by atoms with Gasteiger partial charge in [-0.1, -0.05) is 0 Å². The summed E-state index contributed by atoms with van der Waals surface area (Å²) < 4.78 is 0. The Labute approximate surface area is 82.8 Å². The Morgan fingerprint density at radius 1 is 1.69 bits per heavy atom. The molecular weight excluding hydrogens is 180 g/mol. The minimum absolute atomic E-state index is 0.289. The molecule has 13 heavy (non-hydrogen) atoms. The molecule has 0 N–H and O–H groups in total. The molecule has 1 aromatic heterocycles. The Balaban J connectivity index is 2.03. The molecule has 0 radical (unpaired) electrons. The lowest BCUT2D eigenvalue weighted by Gasteiger charge is -2.07. The molecule has 1 aliphatic rings. The lowest BCUT2D eigenvalue weighted by atomic mass is 9.99. The van der Waals surface area contributed by atoms with Crippen LogP contribution in [0.2, 0.25) is 0 Å². The zero-order chi connectivity index (χ0) is 9.26. The molecule has 1 nitrogen and oxygen atoms in total. The van der Waals surface area contributed by atoms with E-state index in [-0.39, 0.29) is 5.92 Å². The van der Waals surface area contributed by atoms with Crippen LogP contribution in [0, 0.1) is 18.8 Å². The molecule has 0 spiro atoms. The molecule has 0 bridgehead atoms. The second kappa shape index (κ2) is 3.62. The fourth-order valence-electron chi connectivity index (χ4n) is 1.68. The van der Waals surface area contributed by atoms with Crippen LogP contribution in [0.3, 0.4) is 0 Å². The first-order valence-electron chi connectivity index (χ1n) is 4.79. The number of thiophene rings is 1. The van der Waals surface area contributed by atoms with Crippen molar-refractivity contribution in [3.05, 3.63) is 21.9 Å². The molecule has 2 rings (SSSR count). The molecule has 1 heterocycles. The van der Waals surface area contributed by atoms with Gasteiger partial charge >= 0.3 is 0 Å². The molecular formula is C11H14OS. The van der Waals surface area contributed by atoms with Crippen molar-refractivity contribution in [2.45, 2.75) is 26.2 Å². The van der Waals surface area contributed by atoms with Crippen molar-refractivity contribution in [2.24, 2.45) is 11.8 Å². The summed E-state index contributed by atoms with van der Waals surface area (Å²) in [6, 6.07) is 2.13. The fourth-order valence-corrected chi connectivity index (χ4v) is 2.66. The van der Waals surface area contributed by atoms with Crippen molar-refractivity contribution >= 4 is 17.6 Å². The summed E-state index contributed by atoms with van der Waals surface area (Å²) in [5.41, 5.74) is 1.34. The largest absolute Gasteiger partial charge is 0.303 e. The van der Waals surface area contributed by atoms with E-state index in [9.17, 15) is 4.79 Å². The van der Waals surface area contributed by atoms with Crippen molar-refractivity contribution in [3.63, 3.8) is 0 Å². The average molecular weight is 194 g/mol. The number of carbonyl (C=O) groups is 1. The van der Waals surface area contributed by atoms with E-state index in [4.69, 9.17) is 0 Å². The number of hydrogen-bond acceptors (Lipinski definition) is 2. The lowest BCUT2D eigenvalue weighted by Crippen LogP contribution is -2.07. The summed E-state index contributed by atoms with van der Waals surface area (Å²) in [5.74, 6) is 0.983. The van der Waals surface area contributed by atoms with Crippen molar-refractivity contribution in [1.82, 2.24) is 0 Å². The smallest absolute Gasteiger partial charge is 0.123 e. The van der Waals surface area contributed by atoms with Gasteiger partial charge in [0, 0.05) is 10.8 Å².